The van der Waals surface area contributed by atoms with Gasteiger partial charge in [0.25, 0.3) is 0 Å². The summed E-state index contributed by atoms with van der Waals surface area (Å²) in [5.41, 5.74) is 2.24. The lowest BCUT2D eigenvalue weighted by Crippen LogP contribution is -2.08. The van der Waals surface area contributed by atoms with Gasteiger partial charge in [0, 0.05) is 18.5 Å². The van der Waals surface area contributed by atoms with Crippen molar-refractivity contribution in [3.63, 3.8) is 0 Å². The maximum absolute atomic E-state index is 11.1. The van der Waals surface area contributed by atoms with Crippen LogP contribution in [0.25, 0.3) is 0 Å². The summed E-state index contributed by atoms with van der Waals surface area (Å²) in [6, 6.07) is 5.54. The summed E-state index contributed by atoms with van der Waals surface area (Å²) in [5, 5.41) is 6.58. The predicted molar refractivity (Wildman–Crippen MR) is 74.7 cm³/mol. The fourth-order valence-corrected chi connectivity index (χ4v) is 2.07. The van der Waals surface area contributed by atoms with Crippen LogP contribution in [-0.4, -0.2) is 15.5 Å². The van der Waals surface area contributed by atoms with E-state index in [1.807, 2.05) is 19.1 Å². The Hall–Kier alpha value is -1.66. The molecule has 0 aliphatic carbocycles. The SMILES string of the molecule is CC(=O)Nc1ccc(C)cc1OCc1nnsc1Cl. The van der Waals surface area contributed by atoms with Gasteiger partial charge < -0.3 is 10.1 Å². The number of halogens is 1. The van der Waals surface area contributed by atoms with Crippen molar-refractivity contribution in [2.45, 2.75) is 20.5 Å². The first-order valence-corrected chi connectivity index (χ1v) is 6.69. The number of carbonyl (C=O) groups is 1. The van der Waals surface area contributed by atoms with Gasteiger partial charge >= 0.3 is 0 Å². The smallest absolute Gasteiger partial charge is 0.221 e. The standard InChI is InChI=1S/C12H12ClN3O2S/c1-7-3-4-9(14-8(2)17)11(5-7)18-6-10-12(13)19-16-15-10/h3-5H,6H2,1-2H3,(H,14,17). The van der Waals surface area contributed by atoms with E-state index < -0.39 is 0 Å². The highest BCUT2D eigenvalue weighted by molar-refractivity contribution is 7.10. The van der Waals surface area contributed by atoms with E-state index in [0.29, 0.717) is 21.5 Å². The highest BCUT2D eigenvalue weighted by Gasteiger charge is 2.09. The Morgan fingerprint density at radius 2 is 2.32 bits per heavy atom. The van der Waals surface area contributed by atoms with Crippen molar-refractivity contribution in [1.29, 1.82) is 0 Å². The number of aryl methyl sites for hydroxylation is 1. The van der Waals surface area contributed by atoms with Crippen molar-refractivity contribution < 1.29 is 9.53 Å². The van der Waals surface area contributed by atoms with Gasteiger partial charge in [0.15, 0.2) is 0 Å². The molecule has 1 heterocycles. The maximum atomic E-state index is 11.1. The third-order valence-electron chi connectivity index (χ3n) is 2.32. The quantitative estimate of drug-likeness (QED) is 0.942. The Bertz CT molecular complexity index is 600. The van der Waals surface area contributed by atoms with E-state index >= 15 is 0 Å². The molecule has 0 aliphatic rings. The van der Waals surface area contributed by atoms with Crippen molar-refractivity contribution >= 4 is 34.7 Å². The Labute approximate surface area is 119 Å². The monoisotopic (exact) mass is 297 g/mol. The molecule has 0 bridgehead atoms. The zero-order valence-electron chi connectivity index (χ0n) is 10.4. The molecule has 0 spiro atoms. The second kappa shape index (κ2) is 5.99. The number of anilines is 1. The molecular weight excluding hydrogens is 286 g/mol. The summed E-state index contributed by atoms with van der Waals surface area (Å²) in [5.74, 6) is 0.432. The Morgan fingerprint density at radius 3 is 2.95 bits per heavy atom. The second-order valence-electron chi connectivity index (χ2n) is 3.96. The zero-order valence-corrected chi connectivity index (χ0v) is 12.0. The molecule has 0 unspecified atom stereocenters. The molecule has 1 N–H and O–H groups in total. The lowest BCUT2D eigenvalue weighted by atomic mass is 10.2. The van der Waals surface area contributed by atoms with Crippen LogP contribution in [0, 0.1) is 6.92 Å². The van der Waals surface area contributed by atoms with Crippen LogP contribution >= 0.6 is 23.1 Å². The summed E-state index contributed by atoms with van der Waals surface area (Å²) in [6.07, 6.45) is 0. The number of carbonyl (C=O) groups excluding carboxylic acids is 1. The number of benzene rings is 1. The minimum absolute atomic E-state index is 0.151. The van der Waals surface area contributed by atoms with Crippen molar-refractivity contribution in [2.75, 3.05) is 5.32 Å². The fourth-order valence-electron chi connectivity index (χ4n) is 1.47. The number of nitrogens with zero attached hydrogens (tertiary/aromatic N) is 2. The van der Waals surface area contributed by atoms with Crippen molar-refractivity contribution in [3.8, 4) is 5.75 Å². The maximum Gasteiger partial charge on any atom is 0.221 e. The van der Waals surface area contributed by atoms with Crippen LogP contribution in [0.5, 0.6) is 5.75 Å². The van der Waals surface area contributed by atoms with Gasteiger partial charge in [0.2, 0.25) is 5.91 Å². The van der Waals surface area contributed by atoms with Gasteiger partial charge in [-0.1, -0.05) is 22.2 Å². The number of hydrogen-bond donors (Lipinski definition) is 1. The molecule has 2 aromatic rings. The Morgan fingerprint density at radius 1 is 1.53 bits per heavy atom. The van der Waals surface area contributed by atoms with E-state index in [9.17, 15) is 4.79 Å². The average Bonchev–Trinajstić information content (AvgIpc) is 2.75. The minimum Gasteiger partial charge on any atom is -0.485 e. The molecule has 5 nitrogen and oxygen atoms in total. The lowest BCUT2D eigenvalue weighted by molar-refractivity contribution is -0.114. The molecule has 0 radical (unpaired) electrons. The number of ether oxygens (including phenoxy) is 1. The number of amides is 1. The topological polar surface area (TPSA) is 64.1 Å². The fraction of sp³-hybridized carbons (Fsp3) is 0.250. The molecule has 19 heavy (non-hydrogen) atoms. The minimum atomic E-state index is -0.151. The average molecular weight is 298 g/mol. The molecule has 0 fully saturated rings. The molecule has 0 atom stereocenters. The number of nitrogens with one attached hydrogen (secondary N) is 1. The Kier molecular flexibility index (Phi) is 4.34. The number of aromatic nitrogens is 2. The van der Waals surface area contributed by atoms with E-state index in [1.165, 1.54) is 6.92 Å². The first-order chi connectivity index (χ1) is 9.06. The van der Waals surface area contributed by atoms with Crippen molar-refractivity contribution in [2.24, 2.45) is 0 Å². The largest absolute Gasteiger partial charge is 0.485 e. The summed E-state index contributed by atoms with van der Waals surface area (Å²) in [6.45, 7) is 3.61. The second-order valence-corrected chi connectivity index (χ2v) is 5.32. The van der Waals surface area contributed by atoms with Crippen molar-refractivity contribution in [3.05, 3.63) is 33.8 Å². The number of hydrogen-bond acceptors (Lipinski definition) is 5. The molecule has 0 aliphatic heterocycles. The van der Waals surface area contributed by atoms with Gasteiger partial charge in [-0.05, 0) is 24.6 Å². The van der Waals surface area contributed by atoms with Gasteiger partial charge in [-0.15, -0.1) is 5.10 Å². The molecule has 2 rings (SSSR count). The first-order valence-electron chi connectivity index (χ1n) is 5.54. The van der Waals surface area contributed by atoms with Crippen LogP contribution in [0.4, 0.5) is 5.69 Å². The van der Waals surface area contributed by atoms with Crippen LogP contribution in [0.3, 0.4) is 0 Å². The van der Waals surface area contributed by atoms with Crippen molar-refractivity contribution in [1.82, 2.24) is 9.59 Å². The molecule has 100 valence electrons. The van der Waals surface area contributed by atoms with Gasteiger partial charge in [-0.2, -0.15) is 0 Å². The molecule has 1 aromatic heterocycles. The molecule has 1 amide bonds. The molecule has 0 saturated heterocycles. The van der Waals surface area contributed by atoms with Gasteiger partial charge in [-0.25, -0.2) is 0 Å². The van der Waals surface area contributed by atoms with Gasteiger partial charge in [0.1, 0.15) is 22.4 Å². The zero-order chi connectivity index (χ0) is 13.8. The summed E-state index contributed by atoms with van der Waals surface area (Å²) in [7, 11) is 0. The van der Waals surface area contributed by atoms with Crippen LogP contribution in [0.15, 0.2) is 18.2 Å². The van der Waals surface area contributed by atoms with E-state index in [-0.39, 0.29) is 12.5 Å². The van der Waals surface area contributed by atoms with Crippen LogP contribution in [-0.2, 0) is 11.4 Å². The Balaban J connectivity index is 2.16. The van der Waals surface area contributed by atoms with Gasteiger partial charge in [0.05, 0.1) is 5.69 Å². The van der Waals surface area contributed by atoms with Gasteiger partial charge in [-0.3, -0.25) is 4.79 Å². The van der Waals surface area contributed by atoms with E-state index in [1.54, 1.807) is 6.07 Å². The van der Waals surface area contributed by atoms with Crippen LogP contribution in [0.2, 0.25) is 4.34 Å². The van der Waals surface area contributed by atoms with E-state index in [4.69, 9.17) is 16.3 Å². The van der Waals surface area contributed by atoms with E-state index in [2.05, 4.69) is 14.9 Å². The molecular formula is C12H12ClN3O2S. The highest BCUT2D eigenvalue weighted by atomic mass is 35.5. The normalized spacial score (nSPS) is 10.3. The third-order valence-corrected chi connectivity index (χ3v) is 3.31. The molecule has 0 saturated carbocycles. The summed E-state index contributed by atoms with van der Waals surface area (Å²) >= 11 is 7.02. The first kappa shape index (κ1) is 13.8. The lowest BCUT2D eigenvalue weighted by Gasteiger charge is -2.11. The molecule has 7 heteroatoms. The highest BCUT2D eigenvalue weighted by Crippen LogP contribution is 2.27. The molecule has 1 aromatic carbocycles. The van der Waals surface area contributed by atoms with Crippen LogP contribution in [0.1, 0.15) is 18.2 Å². The summed E-state index contributed by atoms with van der Waals surface area (Å²) in [4.78, 5) is 11.1. The van der Waals surface area contributed by atoms with Crippen LogP contribution < -0.4 is 10.1 Å². The third kappa shape index (κ3) is 3.65. The van der Waals surface area contributed by atoms with E-state index in [0.717, 1.165) is 17.1 Å². The number of rotatable bonds is 4. The summed E-state index contributed by atoms with van der Waals surface area (Å²) < 4.78 is 9.89. The predicted octanol–water partition coefficient (Wildman–Crippen LogP) is 3.04.